The summed E-state index contributed by atoms with van der Waals surface area (Å²) in [7, 11) is -3.38. The highest BCUT2D eigenvalue weighted by molar-refractivity contribution is 7.86. The number of likely N-dealkylation sites (N-methyl/N-ethyl adjacent to an activating group) is 1. The third kappa shape index (κ3) is 3.60. The molecule has 1 saturated carbocycles. The topological polar surface area (TPSA) is 66.6 Å². The van der Waals surface area contributed by atoms with Crippen LogP contribution in [0.3, 0.4) is 0 Å². The Morgan fingerprint density at radius 1 is 1.00 bits per heavy atom. The van der Waals surface area contributed by atoms with Crippen molar-refractivity contribution in [2.75, 3.05) is 26.2 Å². The molecule has 0 aromatic heterocycles. The second-order valence-electron chi connectivity index (χ2n) is 6.47. The summed E-state index contributed by atoms with van der Waals surface area (Å²) in [5.74, 6) is 0. The maximum absolute atomic E-state index is 13.1. The van der Waals surface area contributed by atoms with E-state index in [1.54, 1.807) is 8.61 Å². The zero-order valence-corrected chi connectivity index (χ0v) is 14.2. The van der Waals surface area contributed by atoms with E-state index in [-0.39, 0.29) is 5.54 Å². The van der Waals surface area contributed by atoms with Gasteiger partial charge >= 0.3 is 0 Å². The van der Waals surface area contributed by atoms with E-state index in [0.717, 1.165) is 51.4 Å². The molecule has 0 aromatic carbocycles. The quantitative estimate of drug-likeness (QED) is 0.844. The Labute approximate surface area is 130 Å². The van der Waals surface area contributed by atoms with Gasteiger partial charge in [-0.15, -0.1) is 0 Å². The minimum Gasteiger partial charge on any atom is -0.329 e. The van der Waals surface area contributed by atoms with Crippen molar-refractivity contribution in [3.63, 3.8) is 0 Å². The minimum absolute atomic E-state index is 0.349. The fourth-order valence-electron chi connectivity index (χ4n) is 3.92. The molecule has 0 radical (unpaired) electrons. The molecule has 1 aliphatic carbocycles. The van der Waals surface area contributed by atoms with Crippen LogP contribution in [0.4, 0.5) is 0 Å². The van der Waals surface area contributed by atoms with Gasteiger partial charge in [-0.3, -0.25) is 0 Å². The molecule has 0 atom stereocenters. The number of hydrogen-bond donors (Lipinski definition) is 1. The molecule has 2 fully saturated rings. The molecule has 2 rings (SSSR count). The van der Waals surface area contributed by atoms with E-state index < -0.39 is 10.2 Å². The van der Waals surface area contributed by atoms with Gasteiger partial charge in [0, 0.05) is 31.7 Å². The highest BCUT2D eigenvalue weighted by atomic mass is 32.2. The van der Waals surface area contributed by atoms with Crippen molar-refractivity contribution in [3.05, 3.63) is 0 Å². The minimum atomic E-state index is -3.38. The van der Waals surface area contributed by atoms with Gasteiger partial charge in [0.15, 0.2) is 0 Å². The number of nitrogens with zero attached hydrogens (tertiary/aromatic N) is 2. The van der Waals surface area contributed by atoms with E-state index in [4.69, 9.17) is 5.73 Å². The van der Waals surface area contributed by atoms with Gasteiger partial charge in [-0.05, 0) is 25.7 Å². The van der Waals surface area contributed by atoms with E-state index in [9.17, 15) is 8.42 Å². The molecule has 5 nitrogen and oxygen atoms in total. The Morgan fingerprint density at radius 2 is 1.52 bits per heavy atom. The van der Waals surface area contributed by atoms with Gasteiger partial charge in [-0.1, -0.05) is 39.0 Å². The lowest BCUT2D eigenvalue weighted by molar-refractivity contribution is 0.132. The van der Waals surface area contributed by atoms with Crippen LogP contribution in [0.15, 0.2) is 0 Å². The zero-order chi connectivity index (χ0) is 15.3. The molecule has 0 aromatic rings. The highest BCUT2D eigenvalue weighted by Gasteiger charge is 2.44. The third-order valence-electron chi connectivity index (χ3n) is 5.15. The van der Waals surface area contributed by atoms with Crippen molar-refractivity contribution in [2.24, 2.45) is 5.73 Å². The molecular formula is C15H31N3O2S. The SMILES string of the molecule is CCN(C1(CN)CCCCC1)S(=O)(=O)N1CCCCCC1. The normalized spacial score (nSPS) is 24.9. The summed E-state index contributed by atoms with van der Waals surface area (Å²) in [6.07, 6.45) is 9.42. The van der Waals surface area contributed by atoms with Crippen LogP contribution in [-0.4, -0.2) is 48.7 Å². The van der Waals surface area contributed by atoms with E-state index in [1.165, 1.54) is 6.42 Å². The van der Waals surface area contributed by atoms with Gasteiger partial charge in [-0.25, -0.2) is 0 Å². The Balaban J connectivity index is 2.24. The molecular weight excluding hydrogens is 286 g/mol. The molecule has 1 aliphatic heterocycles. The van der Waals surface area contributed by atoms with Gasteiger partial charge in [0.25, 0.3) is 10.2 Å². The molecule has 2 N–H and O–H groups in total. The monoisotopic (exact) mass is 317 g/mol. The van der Waals surface area contributed by atoms with E-state index >= 15 is 0 Å². The smallest absolute Gasteiger partial charge is 0.282 e. The lowest BCUT2D eigenvalue weighted by Crippen LogP contribution is -2.60. The van der Waals surface area contributed by atoms with Crippen LogP contribution in [0.2, 0.25) is 0 Å². The summed E-state index contributed by atoms with van der Waals surface area (Å²) in [6.45, 7) is 4.24. The maximum Gasteiger partial charge on any atom is 0.282 e. The summed E-state index contributed by atoms with van der Waals surface area (Å²) < 4.78 is 29.7. The molecule has 124 valence electrons. The Bertz CT molecular complexity index is 411. The highest BCUT2D eigenvalue weighted by Crippen LogP contribution is 2.35. The molecule has 0 spiro atoms. The lowest BCUT2D eigenvalue weighted by atomic mass is 9.81. The number of nitrogens with two attached hydrogens (primary N) is 1. The molecule has 2 aliphatic rings. The van der Waals surface area contributed by atoms with Crippen LogP contribution >= 0.6 is 0 Å². The zero-order valence-electron chi connectivity index (χ0n) is 13.4. The predicted molar refractivity (Wildman–Crippen MR) is 86.2 cm³/mol. The first kappa shape index (κ1) is 17.2. The first-order chi connectivity index (χ1) is 10.1. The summed E-state index contributed by atoms with van der Waals surface area (Å²) in [4.78, 5) is 0. The van der Waals surface area contributed by atoms with Gasteiger partial charge in [0.05, 0.1) is 0 Å². The van der Waals surface area contributed by atoms with Crippen molar-refractivity contribution >= 4 is 10.2 Å². The van der Waals surface area contributed by atoms with Crippen molar-refractivity contribution in [3.8, 4) is 0 Å². The van der Waals surface area contributed by atoms with E-state index in [1.807, 2.05) is 6.92 Å². The first-order valence-corrected chi connectivity index (χ1v) is 9.94. The predicted octanol–water partition coefficient (Wildman–Crippen LogP) is 2.09. The van der Waals surface area contributed by atoms with Gasteiger partial charge < -0.3 is 5.73 Å². The fraction of sp³-hybridized carbons (Fsp3) is 1.00. The summed E-state index contributed by atoms with van der Waals surface area (Å²) in [5, 5.41) is 0. The summed E-state index contributed by atoms with van der Waals surface area (Å²) in [6, 6.07) is 0. The van der Waals surface area contributed by atoms with Crippen LogP contribution in [0.1, 0.15) is 64.7 Å². The van der Waals surface area contributed by atoms with Crippen molar-refractivity contribution in [2.45, 2.75) is 70.3 Å². The molecule has 0 unspecified atom stereocenters. The van der Waals surface area contributed by atoms with Crippen LogP contribution in [-0.2, 0) is 10.2 Å². The third-order valence-corrected chi connectivity index (χ3v) is 7.37. The van der Waals surface area contributed by atoms with E-state index in [2.05, 4.69) is 0 Å². The Morgan fingerprint density at radius 3 is 2.00 bits per heavy atom. The number of rotatable bonds is 5. The molecule has 0 bridgehead atoms. The Hall–Kier alpha value is -0.170. The standard InChI is InChI=1S/C15H31N3O2S/c1-2-18(15(14-16)10-6-5-7-11-15)21(19,20)17-12-8-3-4-9-13-17/h2-14,16H2,1H3. The van der Waals surface area contributed by atoms with E-state index in [0.29, 0.717) is 26.2 Å². The Kier molecular flexibility index (Phi) is 6.05. The van der Waals surface area contributed by atoms with Gasteiger partial charge in [0.2, 0.25) is 0 Å². The fourth-order valence-corrected chi connectivity index (χ4v) is 5.99. The molecule has 21 heavy (non-hydrogen) atoms. The lowest BCUT2D eigenvalue weighted by Gasteiger charge is -2.46. The number of hydrogen-bond acceptors (Lipinski definition) is 3. The second kappa shape index (κ2) is 7.40. The van der Waals surface area contributed by atoms with Gasteiger partial charge in [0.1, 0.15) is 0 Å². The van der Waals surface area contributed by atoms with Crippen LogP contribution in [0.5, 0.6) is 0 Å². The molecule has 1 heterocycles. The van der Waals surface area contributed by atoms with Crippen molar-refractivity contribution < 1.29 is 8.42 Å². The van der Waals surface area contributed by atoms with Crippen LogP contribution in [0, 0.1) is 0 Å². The van der Waals surface area contributed by atoms with Crippen LogP contribution in [0.25, 0.3) is 0 Å². The average Bonchev–Trinajstić information content (AvgIpc) is 2.78. The van der Waals surface area contributed by atoms with Crippen molar-refractivity contribution in [1.82, 2.24) is 8.61 Å². The molecule has 6 heteroatoms. The molecule has 0 amide bonds. The summed E-state index contributed by atoms with van der Waals surface area (Å²) >= 11 is 0. The van der Waals surface area contributed by atoms with Crippen molar-refractivity contribution in [1.29, 1.82) is 0 Å². The largest absolute Gasteiger partial charge is 0.329 e. The van der Waals surface area contributed by atoms with Crippen LogP contribution < -0.4 is 5.73 Å². The molecule has 1 saturated heterocycles. The first-order valence-electron chi connectivity index (χ1n) is 8.55. The second-order valence-corrected chi connectivity index (χ2v) is 8.33. The average molecular weight is 317 g/mol. The van der Waals surface area contributed by atoms with Gasteiger partial charge in [-0.2, -0.15) is 17.0 Å². The summed E-state index contributed by atoms with van der Waals surface area (Å²) in [5.41, 5.74) is 5.70. The maximum atomic E-state index is 13.1.